The normalized spacial score (nSPS) is 19.5. The van der Waals surface area contributed by atoms with Gasteiger partial charge >= 0.3 is 0 Å². The number of fused-ring (bicyclic) bond motifs is 2. The van der Waals surface area contributed by atoms with E-state index in [1.807, 2.05) is 12.1 Å². The Morgan fingerprint density at radius 2 is 1.88 bits per heavy atom. The first kappa shape index (κ1) is 20.7. The lowest BCUT2D eigenvalue weighted by Gasteiger charge is -2.20. The van der Waals surface area contributed by atoms with Gasteiger partial charge in [0.2, 0.25) is 5.91 Å². The fourth-order valence-electron chi connectivity index (χ4n) is 4.80. The number of rotatable bonds is 3. The van der Waals surface area contributed by atoms with E-state index < -0.39 is 11.9 Å². The van der Waals surface area contributed by atoms with Crippen LogP contribution in [0.5, 0.6) is 0 Å². The average Bonchev–Trinajstić information content (AvgIpc) is 2.98. The fourth-order valence-corrected chi connectivity index (χ4v) is 5.03. The molecule has 0 spiro atoms. The van der Waals surface area contributed by atoms with Crippen LogP contribution >= 0.6 is 11.6 Å². The third-order valence-corrected chi connectivity index (χ3v) is 6.74. The number of nitrogens with one attached hydrogen (secondary N) is 2. The third kappa shape index (κ3) is 3.78. The number of benzene rings is 3. The number of aryl methyl sites for hydroxylation is 1. The van der Waals surface area contributed by atoms with E-state index in [0.29, 0.717) is 33.8 Å². The van der Waals surface area contributed by atoms with Crippen LogP contribution in [-0.2, 0) is 17.6 Å². The molecule has 0 aromatic heterocycles. The molecule has 162 valence electrons. The van der Waals surface area contributed by atoms with Crippen LogP contribution in [0.1, 0.15) is 51.5 Å². The summed E-state index contributed by atoms with van der Waals surface area (Å²) >= 11 is 6.33. The second-order valence-electron chi connectivity index (χ2n) is 8.39. The highest BCUT2D eigenvalue weighted by Gasteiger charge is 2.34. The molecule has 1 aliphatic carbocycles. The summed E-state index contributed by atoms with van der Waals surface area (Å²) in [6.07, 6.45) is 3.40. The topological polar surface area (TPSA) is 58.2 Å². The standard InChI is InChI=1S/C26H22ClFN2O2/c27-21-12-11-18(28)14-20(21)24-23-19(26(32)30-24)9-4-10-22(23)29-25(31)17-8-3-7-15-5-1-2-6-16(15)13-17/h1-2,4-6,9-12,14,17,24H,3,7-8,13H2,(H,29,31)(H,30,32). The number of halogens is 2. The van der Waals surface area contributed by atoms with Gasteiger partial charge in [-0.3, -0.25) is 9.59 Å². The van der Waals surface area contributed by atoms with Gasteiger partial charge in [0.05, 0.1) is 6.04 Å². The predicted molar refractivity (Wildman–Crippen MR) is 122 cm³/mol. The van der Waals surface area contributed by atoms with Gasteiger partial charge < -0.3 is 10.6 Å². The smallest absolute Gasteiger partial charge is 0.252 e. The van der Waals surface area contributed by atoms with Crippen molar-refractivity contribution in [1.29, 1.82) is 0 Å². The lowest BCUT2D eigenvalue weighted by atomic mass is 9.94. The van der Waals surface area contributed by atoms with Crippen molar-refractivity contribution in [1.82, 2.24) is 5.32 Å². The Morgan fingerprint density at radius 1 is 1.06 bits per heavy atom. The minimum absolute atomic E-state index is 0.0708. The summed E-state index contributed by atoms with van der Waals surface area (Å²) in [4.78, 5) is 25.9. The molecule has 2 atom stereocenters. The lowest BCUT2D eigenvalue weighted by molar-refractivity contribution is -0.120. The lowest BCUT2D eigenvalue weighted by Crippen LogP contribution is -2.25. The minimum Gasteiger partial charge on any atom is -0.341 e. The van der Waals surface area contributed by atoms with E-state index in [1.165, 1.54) is 29.3 Å². The maximum Gasteiger partial charge on any atom is 0.252 e. The molecule has 0 fully saturated rings. The largest absolute Gasteiger partial charge is 0.341 e. The van der Waals surface area contributed by atoms with Crippen LogP contribution < -0.4 is 10.6 Å². The van der Waals surface area contributed by atoms with Crippen molar-refractivity contribution in [3.8, 4) is 0 Å². The van der Waals surface area contributed by atoms with Crippen LogP contribution in [0.25, 0.3) is 0 Å². The number of amides is 2. The van der Waals surface area contributed by atoms with Crippen molar-refractivity contribution in [2.75, 3.05) is 5.32 Å². The Labute approximate surface area is 190 Å². The minimum atomic E-state index is -0.632. The van der Waals surface area contributed by atoms with Gasteiger partial charge in [-0.1, -0.05) is 41.9 Å². The Bertz CT molecular complexity index is 1230. The van der Waals surface area contributed by atoms with Gasteiger partial charge in [0, 0.05) is 33.3 Å². The van der Waals surface area contributed by atoms with Crippen LogP contribution in [0, 0.1) is 11.7 Å². The van der Waals surface area contributed by atoms with E-state index in [-0.39, 0.29) is 17.7 Å². The van der Waals surface area contributed by atoms with Gasteiger partial charge in [0.15, 0.2) is 0 Å². The zero-order chi connectivity index (χ0) is 22.2. The van der Waals surface area contributed by atoms with Crippen LogP contribution in [0.15, 0.2) is 60.7 Å². The summed E-state index contributed by atoms with van der Waals surface area (Å²) in [5.41, 5.74) is 4.60. The maximum atomic E-state index is 13.9. The molecule has 1 heterocycles. The Balaban J connectivity index is 1.46. The molecule has 2 unspecified atom stereocenters. The third-order valence-electron chi connectivity index (χ3n) is 6.40. The summed E-state index contributed by atoms with van der Waals surface area (Å²) in [5.74, 6) is -0.940. The number of hydrogen-bond acceptors (Lipinski definition) is 2. The first-order chi connectivity index (χ1) is 15.5. The van der Waals surface area contributed by atoms with Gasteiger partial charge in [0.25, 0.3) is 5.91 Å². The number of anilines is 1. The quantitative estimate of drug-likeness (QED) is 0.524. The second-order valence-corrected chi connectivity index (χ2v) is 8.80. The molecule has 32 heavy (non-hydrogen) atoms. The fraction of sp³-hybridized carbons (Fsp3) is 0.231. The summed E-state index contributed by atoms with van der Waals surface area (Å²) in [6, 6.07) is 16.9. The highest BCUT2D eigenvalue weighted by molar-refractivity contribution is 6.31. The van der Waals surface area contributed by atoms with E-state index in [0.717, 1.165) is 19.3 Å². The second kappa shape index (κ2) is 8.40. The molecule has 0 radical (unpaired) electrons. The van der Waals surface area contributed by atoms with Crippen molar-refractivity contribution < 1.29 is 14.0 Å². The molecule has 0 saturated carbocycles. The Kier molecular flexibility index (Phi) is 5.43. The van der Waals surface area contributed by atoms with Crippen molar-refractivity contribution >= 4 is 29.1 Å². The molecular formula is C26H22ClFN2O2. The zero-order valence-corrected chi connectivity index (χ0v) is 18.1. The molecule has 3 aromatic rings. The van der Waals surface area contributed by atoms with Crippen molar-refractivity contribution in [2.24, 2.45) is 5.92 Å². The highest BCUT2D eigenvalue weighted by Crippen LogP contribution is 2.39. The van der Waals surface area contributed by atoms with Crippen molar-refractivity contribution in [3.63, 3.8) is 0 Å². The first-order valence-corrected chi connectivity index (χ1v) is 11.2. The number of hydrogen-bond donors (Lipinski definition) is 2. The maximum absolute atomic E-state index is 13.9. The molecule has 2 N–H and O–H groups in total. The molecule has 6 heteroatoms. The van der Waals surface area contributed by atoms with Gasteiger partial charge in [-0.2, -0.15) is 0 Å². The van der Waals surface area contributed by atoms with Crippen LogP contribution in [0.3, 0.4) is 0 Å². The zero-order valence-electron chi connectivity index (χ0n) is 17.3. The van der Waals surface area contributed by atoms with E-state index in [9.17, 15) is 14.0 Å². The molecule has 2 amide bonds. The van der Waals surface area contributed by atoms with E-state index in [1.54, 1.807) is 18.2 Å². The van der Waals surface area contributed by atoms with E-state index >= 15 is 0 Å². The summed E-state index contributed by atoms with van der Waals surface area (Å²) in [7, 11) is 0. The summed E-state index contributed by atoms with van der Waals surface area (Å²) in [6.45, 7) is 0. The summed E-state index contributed by atoms with van der Waals surface area (Å²) in [5, 5.41) is 6.29. The SMILES string of the molecule is O=C1NC(c2cc(F)ccc2Cl)c2c(NC(=O)C3CCCc4ccccc4C3)cccc21. The molecule has 3 aromatic carbocycles. The van der Waals surface area contributed by atoms with Gasteiger partial charge in [-0.15, -0.1) is 0 Å². The predicted octanol–water partition coefficient (Wildman–Crippen LogP) is 5.45. The number of carbonyl (C=O) groups is 2. The molecule has 4 nitrogen and oxygen atoms in total. The van der Waals surface area contributed by atoms with Crippen LogP contribution in [0.4, 0.5) is 10.1 Å². The van der Waals surface area contributed by atoms with Gasteiger partial charge in [-0.25, -0.2) is 4.39 Å². The van der Waals surface area contributed by atoms with Gasteiger partial charge in [0.1, 0.15) is 5.82 Å². The molecule has 1 aliphatic heterocycles. The molecule has 0 saturated heterocycles. The molecule has 2 aliphatic rings. The van der Waals surface area contributed by atoms with Crippen LogP contribution in [0.2, 0.25) is 5.02 Å². The van der Waals surface area contributed by atoms with E-state index in [2.05, 4.69) is 22.8 Å². The van der Waals surface area contributed by atoms with Crippen molar-refractivity contribution in [2.45, 2.75) is 31.7 Å². The Morgan fingerprint density at radius 3 is 2.72 bits per heavy atom. The molecule has 5 rings (SSSR count). The van der Waals surface area contributed by atoms with Crippen molar-refractivity contribution in [3.05, 3.63) is 99.3 Å². The highest BCUT2D eigenvalue weighted by atomic mass is 35.5. The summed E-state index contributed by atoms with van der Waals surface area (Å²) < 4.78 is 13.9. The van der Waals surface area contributed by atoms with E-state index in [4.69, 9.17) is 11.6 Å². The monoisotopic (exact) mass is 448 g/mol. The number of carbonyl (C=O) groups excluding carboxylic acids is 2. The van der Waals surface area contributed by atoms with Gasteiger partial charge in [-0.05, 0) is 67.1 Å². The first-order valence-electron chi connectivity index (χ1n) is 10.8. The molecular weight excluding hydrogens is 427 g/mol. The van der Waals surface area contributed by atoms with Crippen LogP contribution in [-0.4, -0.2) is 11.8 Å². The Hall–Kier alpha value is -3.18. The average molecular weight is 449 g/mol. The molecule has 0 bridgehead atoms.